The largest absolute Gasteiger partial charge is 0.487 e. The van der Waals surface area contributed by atoms with Gasteiger partial charge in [0.2, 0.25) is 5.88 Å². The highest BCUT2D eigenvalue weighted by Crippen LogP contribution is 2.37. The van der Waals surface area contributed by atoms with Gasteiger partial charge in [0.05, 0.1) is 11.9 Å². The highest BCUT2D eigenvalue weighted by molar-refractivity contribution is 5.45. The van der Waals surface area contributed by atoms with E-state index in [1.807, 2.05) is 18.2 Å². The Morgan fingerprint density at radius 1 is 1.26 bits per heavy atom. The smallest absolute Gasteiger partial charge is 0.219 e. The molecule has 0 unspecified atom stereocenters. The van der Waals surface area contributed by atoms with E-state index in [9.17, 15) is 0 Å². The average molecular weight is 256 g/mol. The monoisotopic (exact) mass is 256 g/mol. The molecule has 4 heteroatoms. The molecule has 4 nitrogen and oxygen atoms in total. The van der Waals surface area contributed by atoms with Crippen LogP contribution in [0.5, 0.6) is 17.4 Å². The number of anilines is 1. The predicted octanol–water partition coefficient (Wildman–Crippen LogP) is 3.17. The Labute approximate surface area is 112 Å². The number of ether oxygens (including phenoxy) is 2. The lowest BCUT2D eigenvalue weighted by molar-refractivity contribution is 0.138. The van der Waals surface area contributed by atoms with Crippen molar-refractivity contribution in [3.63, 3.8) is 0 Å². The van der Waals surface area contributed by atoms with Crippen molar-refractivity contribution in [1.29, 1.82) is 0 Å². The minimum Gasteiger partial charge on any atom is -0.487 e. The number of benzene rings is 1. The van der Waals surface area contributed by atoms with E-state index < -0.39 is 0 Å². The van der Waals surface area contributed by atoms with Crippen molar-refractivity contribution < 1.29 is 9.47 Å². The Hall–Kier alpha value is -2.23. The van der Waals surface area contributed by atoms with Gasteiger partial charge in [0.25, 0.3) is 0 Å². The van der Waals surface area contributed by atoms with Crippen LogP contribution in [-0.2, 0) is 6.42 Å². The lowest BCUT2D eigenvalue weighted by Crippen LogP contribution is -2.24. The van der Waals surface area contributed by atoms with Gasteiger partial charge in [-0.2, -0.15) is 0 Å². The molecule has 1 aromatic carbocycles. The third-order valence-corrected chi connectivity index (χ3v) is 3.02. The number of rotatable bonds is 2. The summed E-state index contributed by atoms with van der Waals surface area (Å²) in [7, 11) is 0. The summed E-state index contributed by atoms with van der Waals surface area (Å²) in [6.45, 7) is 4.16. The quantitative estimate of drug-likeness (QED) is 0.896. The molecule has 0 radical (unpaired) electrons. The first kappa shape index (κ1) is 11.8. The van der Waals surface area contributed by atoms with Gasteiger partial charge in [-0.1, -0.05) is 0 Å². The Bertz CT molecular complexity index is 606. The predicted molar refractivity (Wildman–Crippen MR) is 73.6 cm³/mol. The highest BCUT2D eigenvalue weighted by atomic mass is 16.5. The number of nitrogens with two attached hydrogens (primary N) is 1. The van der Waals surface area contributed by atoms with E-state index in [1.165, 1.54) is 0 Å². The number of hydrogen-bond acceptors (Lipinski definition) is 4. The van der Waals surface area contributed by atoms with E-state index in [2.05, 4.69) is 18.8 Å². The first-order valence-corrected chi connectivity index (χ1v) is 6.23. The van der Waals surface area contributed by atoms with Crippen LogP contribution >= 0.6 is 0 Å². The fourth-order valence-corrected chi connectivity index (χ4v) is 2.22. The summed E-state index contributed by atoms with van der Waals surface area (Å²) in [5.41, 5.74) is 7.24. The number of fused-ring (bicyclic) bond motifs is 1. The standard InChI is InChI=1S/C15H16N2O2/c1-15(2)8-10-7-12(4-5-13(10)19-15)18-14-6-3-11(16)9-17-14/h3-7,9H,8,16H2,1-2H3. The number of nitrogens with zero attached hydrogens (tertiary/aromatic N) is 1. The Balaban J connectivity index is 1.82. The molecule has 0 saturated heterocycles. The normalized spacial score (nSPS) is 15.7. The summed E-state index contributed by atoms with van der Waals surface area (Å²) in [5, 5.41) is 0. The minimum absolute atomic E-state index is 0.138. The molecule has 0 amide bonds. The number of hydrogen-bond donors (Lipinski definition) is 1. The van der Waals surface area contributed by atoms with Crippen LogP contribution in [0.4, 0.5) is 5.69 Å². The molecule has 0 aliphatic carbocycles. The van der Waals surface area contributed by atoms with Crippen LogP contribution in [0.15, 0.2) is 36.5 Å². The van der Waals surface area contributed by atoms with Crippen LogP contribution in [0.3, 0.4) is 0 Å². The second kappa shape index (κ2) is 4.16. The molecule has 0 bridgehead atoms. The summed E-state index contributed by atoms with van der Waals surface area (Å²) < 4.78 is 11.5. The minimum atomic E-state index is -0.138. The van der Waals surface area contributed by atoms with Crippen LogP contribution in [-0.4, -0.2) is 10.6 Å². The first-order chi connectivity index (χ1) is 9.02. The van der Waals surface area contributed by atoms with E-state index >= 15 is 0 Å². The zero-order valence-corrected chi connectivity index (χ0v) is 11.0. The highest BCUT2D eigenvalue weighted by Gasteiger charge is 2.30. The molecule has 0 saturated carbocycles. The van der Waals surface area contributed by atoms with Crippen LogP contribution < -0.4 is 15.2 Å². The zero-order valence-electron chi connectivity index (χ0n) is 11.0. The maximum Gasteiger partial charge on any atom is 0.219 e. The van der Waals surface area contributed by atoms with Gasteiger partial charge in [-0.15, -0.1) is 0 Å². The fourth-order valence-electron chi connectivity index (χ4n) is 2.22. The summed E-state index contributed by atoms with van der Waals surface area (Å²) in [6, 6.07) is 9.35. The third-order valence-electron chi connectivity index (χ3n) is 3.02. The molecule has 2 heterocycles. The molecule has 0 spiro atoms. The second-order valence-corrected chi connectivity index (χ2v) is 5.34. The molecule has 19 heavy (non-hydrogen) atoms. The maximum atomic E-state index is 5.83. The molecular weight excluding hydrogens is 240 g/mol. The molecule has 1 aliphatic heterocycles. The molecule has 0 fully saturated rings. The first-order valence-electron chi connectivity index (χ1n) is 6.23. The molecule has 3 rings (SSSR count). The van der Waals surface area contributed by atoms with E-state index in [0.717, 1.165) is 23.5 Å². The molecule has 1 aliphatic rings. The maximum absolute atomic E-state index is 5.83. The lowest BCUT2D eigenvalue weighted by atomic mass is 10.0. The van der Waals surface area contributed by atoms with Gasteiger partial charge in [-0.3, -0.25) is 0 Å². The van der Waals surface area contributed by atoms with Gasteiger partial charge in [0.1, 0.15) is 17.1 Å². The van der Waals surface area contributed by atoms with Crippen LogP contribution in [0.25, 0.3) is 0 Å². The van der Waals surface area contributed by atoms with Gasteiger partial charge >= 0.3 is 0 Å². The van der Waals surface area contributed by atoms with Gasteiger partial charge in [0.15, 0.2) is 0 Å². The molecule has 2 N–H and O–H groups in total. The molecule has 1 aromatic heterocycles. The summed E-state index contributed by atoms with van der Waals surface area (Å²) in [6.07, 6.45) is 2.46. The van der Waals surface area contributed by atoms with E-state index in [1.54, 1.807) is 18.3 Å². The van der Waals surface area contributed by atoms with Crippen molar-refractivity contribution >= 4 is 5.69 Å². The van der Waals surface area contributed by atoms with Gasteiger partial charge < -0.3 is 15.2 Å². The van der Waals surface area contributed by atoms with Crippen LogP contribution in [0.1, 0.15) is 19.4 Å². The van der Waals surface area contributed by atoms with Crippen molar-refractivity contribution in [1.82, 2.24) is 4.98 Å². The average Bonchev–Trinajstić information content (AvgIpc) is 2.65. The Morgan fingerprint density at radius 3 is 2.84 bits per heavy atom. The Kier molecular flexibility index (Phi) is 2.59. The van der Waals surface area contributed by atoms with Crippen molar-refractivity contribution in [3.05, 3.63) is 42.1 Å². The van der Waals surface area contributed by atoms with Crippen molar-refractivity contribution in [2.45, 2.75) is 25.9 Å². The van der Waals surface area contributed by atoms with Gasteiger partial charge in [-0.25, -0.2) is 4.98 Å². The number of aromatic nitrogens is 1. The summed E-state index contributed by atoms with van der Waals surface area (Å²) in [4.78, 5) is 4.12. The van der Waals surface area contributed by atoms with Gasteiger partial charge in [0, 0.05) is 18.1 Å². The summed E-state index contributed by atoms with van der Waals surface area (Å²) in [5.74, 6) is 2.23. The summed E-state index contributed by atoms with van der Waals surface area (Å²) >= 11 is 0. The van der Waals surface area contributed by atoms with Crippen LogP contribution in [0, 0.1) is 0 Å². The second-order valence-electron chi connectivity index (χ2n) is 5.34. The van der Waals surface area contributed by atoms with Gasteiger partial charge in [-0.05, 0) is 38.1 Å². The number of pyridine rings is 1. The SMILES string of the molecule is CC1(C)Cc2cc(Oc3ccc(N)cn3)ccc2O1. The Morgan fingerprint density at radius 2 is 2.11 bits per heavy atom. The van der Waals surface area contributed by atoms with E-state index in [-0.39, 0.29) is 5.60 Å². The third kappa shape index (κ3) is 2.47. The topological polar surface area (TPSA) is 57.4 Å². The number of nitrogen functional groups attached to an aromatic ring is 1. The van der Waals surface area contributed by atoms with Crippen molar-refractivity contribution in [2.24, 2.45) is 0 Å². The molecular formula is C15H16N2O2. The zero-order chi connectivity index (χ0) is 13.5. The van der Waals surface area contributed by atoms with Crippen molar-refractivity contribution in [3.8, 4) is 17.4 Å². The van der Waals surface area contributed by atoms with E-state index in [0.29, 0.717) is 11.6 Å². The van der Waals surface area contributed by atoms with Crippen molar-refractivity contribution in [2.75, 3.05) is 5.73 Å². The molecule has 2 aromatic rings. The van der Waals surface area contributed by atoms with Crippen LogP contribution in [0.2, 0.25) is 0 Å². The molecule has 0 atom stereocenters. The van der Waals surface area contributed by atoms with E-state index in [4.69, 9.17) is 15.2 Å². The molecule has 98 valence electrons. The lowest BCUT2D eigenvalue weighted by Gasteiger charge is -2.16. The fraction of sp³-hybridized carbons (Fsp3) is 0.267.